The molecule has 2 aromatic carbocycles. The number of fused-ring (bicyclic) bond motifs is 2. The highest BCUT2D eigenvalue weighted by atomic mass is 35.5. The summed E-state index contributed by atoms with van der Waals surface area (Å²) >= 11 is 15.1. The lowest BCUT2D eigenvalue weighted by Crippen LogP contribution is -2.41. The molecule has 0 bridgehead atoms. The zero-order chi connectivity index (χ0) is 19.8. The van der Waals surface area contributed by atoms with E-state index in [2.05, 4.69) is 10.9 Å². The minimum atomic E-state index is -0.504. The Morgan fingerprint density at radius 1 is 0.857 bits per heavy atom. The molecule has 28 heavy (non-hydrogen) atoms. The van der Waals surface area contributed by atoms with Gasteiger partial charge in [0.05, 0.1) is 17.2 Å². The number of carbonyl (C=O) groups excluding carboxylic acids is 2. The first kappa shape index (κ1) is 19.0. The van der Waals surface area contributed by atoms with Crippen LogP contribution in [0.3, 0.4) is 0 Å². The summed E-state index contributed by atoms with van der Waals surface area (Å²) in [5.74, 6) is -0.320. The number of carbonyl (C=O) groups is 2. The van der Waals surface area contributed by atoms with Crippen molar-refractivity contribution < 1.29 is 14.3 Å². The van der Waals surface area contributed by atoms with Crippen molar-refractivity contribution in [3.63, 3.8) is 0 Å². The highest BCUT2D eigenvalue weighted by Gasteiger charge is 2.20. The van der Waals surface area contributed by atoms with E-state index >= 15 is 0 Å². The summed E-state index contributed by atoms with van der Waals surface area (Å²) in [5.41, 5.74) is 4.81. The normalized spacial score (nSPS) is 11.0. The molecule has 2 N–H and O–H groups in total. The summed E-state index contributed by atoms with van der Waals surface area (Å²) in [6.07, 6.45) is 0. The van der Waals surface area contributed by atoms with Gasteiger partial charge in [-0.15, -0.1) is 22.7 Å². The first-order valence-corrected chi connectivity index (χ1v) is 10.4. The second-order valence-electron chi connectivity index (χ2n) is 5.76. The Balaban J connectivity index is 1.54. The summed E-state index contributed by atoms with van der Waals surface area (Å²) in [5, 5.41) is 2.23. The molecule has 0 aliphatic rings. The van der Waals surface area contributed by atoms with Crippen LogP contribution in [0, 0.1) is 0 Å². The molecule has 0 atom stereocenters. The minimum Gasteiger partial charge on any atom is -0.497 e. The molecule has 4 rings (SSSR count). The van der Waals surface area contributed by atoms with Crippen molar-refractivity contribution in [2.24, 2.45) is 0 Å². The van der Waals surface area contributed by atoms with Crippen LogP contribution >= 0.6 is 45.9 Å². The van der Waals surface area contributed by atoms with Gasteiger partial charge in [0.15, 0.2) is 0 Å². The van der Waals surface area contributed by atoms with Gasteiger partial charge in [0.25, 0.3) is 11.8 Å². The number of hydrogen-bond acceptors (Lipinski definition) is 5. The van der Waals surface area contributed by atoms with Gasteiger partial charge in [-0.2, -0.15) is 0 Å². The highest BCUT2D eigenvalue weighted by Crippen LogP contribution is 2.37. The summed E-state index contributed by atoms with van der Waals surface area (Å²) in [4.78, 5) is 25.6. The lowest BCUT2D eigenvalue weighted by Gasteiger charge is -2.05. The van der Waals surface area contributed by atoms with Crippen molar-refractivity contribution in [1.29, 1.82) is 0 Å². The van der Waals surface area contributed by atoms with E-state index in [1.165, 1.54) is 22.7 Å². The molecule has 2 aromatic heterocycles. The number of rotatable bonds is 3. The van der Waals surface area contributed by atoms with Gasteiger partial charge in [0.2, 0.25) is 0 Å². The van der Waals surface area contributed by atoms with Crippen LogP contribution in [0.4, 0.5) is 0 Å². The van der Waals surface area contributed by atoms with E-state index in [0.717, 1.165) is 20.2 Å². The highest BCUT2D eigenvalue weighted by molar-refractivity contribution is 7.22. The molecule has 0 radical (unpaired) electrons. The number of halogens is 2. The van der Waals surface area contributed by atoms with Crippen LogP contribution in [-0.2, 0) is 0 Å². The van der Waals surface area contributed by atoms with Crippen LogP contribution in [0.2, 0.25) is 10.0 Å². The molecule has 0 saturated carbocycles. The van der Waals surface area contributed by atoms with Crippen molar-refractivity contribution in [3.8, 4) is 5.75 Å². The summed E-state index contributed by atoms with van der Waals surface area (Å²) in [6.45, 7) is 0. The maximum Gasteiger partial charge on any atom is 0.281 e. The van der Waals surface area contributed by atoms with E-state index in [4.69, 9.17) is 27.9 Å². The molecule has 142 valence electrons. The number of ether oxygens (including phenoxy) is 1. The van der Waals surface area contributed by atoms with Gasteiger partial charge in [-0.25, -0.2) is 0 Å². The molecule has 2 heterocycles. The predicted molar refractivity (Wildman–Crippen MR) is 115 cm³/mol. The Kier molecular flexibility index (Phi) is 5.16. The van der Waals surface area contributed by atoms with E-state index < -0.39 is 11.8 Å². The van der Waals surface area contributed by atoms with Crippen LogP contribution in [-0.4, -0.2) is 18.9 Å². The zero-order valence-corrected chi connectivity index (χ0v) is 17.5. The van der Waals surface area contributed by atoms with Gasteiger partial charge in [0, 0.05) is 20.2 Å². The molecule has 0 aliphatic carbocycles. The predicted octanol–water partition coefficient (Wildman–Crippen LogP) is 5.51. The molecule has 0 spiro atoms. The van der Waals surface area contributed by atoms with Gasteiger partial charge in [-0.1, -0.05) is 41.4 Å². The Hall–Kier alpha value is -2.32. The maximum atomic E-state index is 12.5. The minimum absolute atomic E-state index is 0.299. The summed E-state index contributed by atoms with van der Waals surface area (Å²) < 4.78 is 6.90. The fraction of sp³-hybridized carbons (Fsp3) is 0.0526. The second-order valence-corrected chi connectivity index (χ2v) is 8.62. The Morgan fingerprint density at radius 3 is 2.04 bits per heavy atom. The van der Waals surface area contributed by atoms with Gasteiger partial charge in [-0.3, -0.25) is 20.4 Å². The fourth-order valence-corrected chi connectivity index (χ4v) is 5.56. The van der Waals surface area contributed by atoms with Crippen LogP contribution in [0.25, 0.3) is 20.2 Å². The molecule has 0 unspecified atom stereocenters. The Morgan fingerprint density at radius 2 is 1.43 bits per heavy atom. The number of methoxy groups -OCH3 is 1. The number of hydrogen-bond donors (Lipinski definition) is 2. The molecular formula is C19H12Cl2N2O3S2. The smallest absolute Gasteiger partial charge is 0.281 e. The van der Waals surface area contributed by atoms with Crippen molar-refractivity contribution >= 4 is 77.9 Å². The summed E-state index contributed by atoms with van der Waals surface area (Å²) in [6, 6.07) is 12.8. The van der Waals surface area contributed by atoms with Crippen molar-refractivity contribution in [3.05, 3.63) is 62.3 Å². The standard InChI is InChI=1S/C19H12Cl2N2O3S2/c1-26-9-6-7-11-13(8-9)28-17(15(11)21)19(25)23-22-18(24)16-14(20)10-4-2-3-5-12(10)27-16/h2-8H,1H3,(H,22,24)(H,23,25). The quantitative estimate of drug-likeness (QED) is 0.404. The van der Waals surface area contributed by atoms with Crippen molar-refractivity contribution in [2.45, 2.75) is 0 Å². The number of thiophene rings is 2. The number of hydrazine groups is 1. The Bertz CT molecular complexity index is 1230. The monoisotopic (exact) mass is 450 g/mol. The first-order chi connectivity index (χ1) is 13.5. The average Bonchev–Trinajstić information content (AvgIpc) is 3.23. The van der Waals surface area contributed by atoms with E-state index in [9.17, 15) is 9.59 Å². The molecule has 2 amide bonds. The van der Waals surface area contributed by atoms with Crippen molar-refractivity contribution in [2.75, 3.05) is 7.11 Å². The van der Waals surface area contributed by atoms with Gasteiger partial charge in [-0.05, 0) is 24.3 Å². The molecule has 4 aromatic rings. The van der Waals surface area contributed by atoms with Crippen LogP contribution in [0.15, 0.2) is 42.5 Å². The van der Waals surface area contributed by atoms with Crippen molar-refractivity contribution in [1.82, 2.24) is 10.9 Å². The third kappa shape index (κ3) is 3.31. The third-order valence-electron chi connectivity index (χ3n) is 4.07. The molecular weight excluding hydrogens is 439 g/mol. The number of amides is 2. The Labute approximate surface area is 177 Å². The molecule has 5 nitrogen and oxygen atoms in total. The van der Waals surface area contributed by atoms with E-state index in [1.54, 1.807) is 25.3 Å². The average molecular weight is 451 g/mol. The van der Waals surface area contributed by atoms with Gasteiger partial charge >= 0.3 is 0 Å². The van der Waals surface area contributed by atoms with Crippen LogP contribution in [0.1, 0.15) is 19.3 Å². The number of nitrogens with one attached hydrogen (secondary N) is 2. The van der Waals surface area contributed by atoms with E-state index in [0.29, 0.717) is 25.5 Å². The fourth-order valence-electron chi connectivity index (χ4n) is 2.71. The largest absolute Gasteiger partial charge is 0.497 e. The topological polar surface area (TPSA) is 67.4 Å². The number of benzene rings is 2. The van der Waals surface area contributed by atoms with Crippen LogP contribution in [0.5, 0.6) is 5.75 Å². The van der Waals surface area contributed by atoms with E-state index in [-0.39, 0.29) is 0 Å². The van der Waals surface area contributed by atoms with E-state index in [1.807, 2.05) is 24.3 Å². The third-order valence-corrected chi connectivity index (χ3v) is 7.40. The molecule has 9 heteroatoms. The first-order valence-electron chi connectivity index (χ1n) is 8.03. The lowest BCUT2D eigenvalue weighted by atomic mass is 10.2. The van der Waals surface area contributed by atoms with Crippen LogP contribution < -0.4 is 15.6 Å². The summed E-state index contributed by atoms with van der Waals surface area (Å²) in [7, 11) is 1.57. The lowest BCUT2D eigenvalue weighted by molar-refractivity contribution is 0.0851. The van der Waals surface area contributed by atoms with Gasteiger partial charge < -0.3 is 4.74 Å². The molecule has 0 fully saturated rings. The van der Waals surface area contributed by atoms with Gasteiger partial charge in [0.1, 0.15) is 15.5 Å². The molecule has 0 saturated heterocycles. The second kappa shape index (κ2) is 7.60. The SMILES string of the molecule is COc1ccc2c(Cl)c(C(=O)NNC(=O)c3sc4ccccc4c3Cl)sc2c1. The maximum absolute atomic E-state index is 12.5. The zero-order valence-electron chi connectivity index (χ0n) is 14.3. The molecule has 0 aliphatic heterocycles.